The molecular formula is C16H25BN2O5. The standard InChI is InChI=1S/C16H25BN2O5/c1-11(2)9-14(24-17(22)23)19-16(21)12(3)15(20)18-10-13-7-5-4-6-8-13/h4-8,11-12,14,22-23H,9-10H2,1-3H3,(H,18,20)(H,19,21)/t12?,14-/m1/s1. The average molecular weight is 336 g/mol. The van der Waals surface area contributed by atoms with Crippen LogP contribution in [-0.2, 0) is 20.8 Å². The van der Waals surface area contributed by atoms with Crippen molar-refractivity contribution in [3.63, 3.8) is 0 Å². The molecule has 0 aliphatic heterocycles. The van der Waals surface area contributed by atoms with Crippen LogP contribution < -0.4 is 10.6 Å². The molecular weight excluding hydrogens is 311 g/mol. The summed E-state index contributed by atoms with van der Waals surface area (Å²) < 4.78 is 4.84. The maximum atomic E-state index is 12.2. The van der Waals surface area contributed by atoms with Crippen LogP contribution >= 0.6 is 0 Å². The molecule has 0 radical (unpaired) electrons. The van der Waals surface area contributed by atoms with E-state index >= 15 is 0 Å². The average Bonchev–Trinajstić information content (AvgIpc) is 2.51. The van der Waals surface area contributed by atoms with Crippen LogP contribution in [0.5, 0.6) is 0 Å². The zero-order valence-electron chi connectivity index (χ0n) is 14.2. The van der Waals surface area contributed by atoms with Gasteiger partial charge in [-0.05, 0) is 24.8 Å². The number of carbonyl (C=O) groups is 2. The van der Waals surface area contributed by atoms with Crippen LogP contribution in [0.25, 0.3) is 0 Å². The molecule has 1 aromatic carbocycles. The lowest BCUT2D eigenvalue weighted by Gasteiger charge is -2.22. The van der Waals surface area contributed by atoms with E-state index in [1.54, 1.807) is 0 Å². The van der Waals surface area contributed by atoms with Gasteiger partial charge in [-0.3, -0.25) is 9.59 Å². The number of hydrogen-bond acceptors (Lipinski definition) is 5. The SMILES string of the molecule is CC(C)C[C@H](NC(=O)C(C)C(=O)NCc1ccccc1)OB(O)O. The first kappa shape index (κ1) is 20.2. The van der Waals surface area contributed by atoms with E-state index in [1.807, 2.05) is 44.2 Å². The topological polar surface area (TPSA) is 108 Å². The Morgan fingerprint density at radius 1 is 1.12 bits per heavy atom. The fraction of sp³-hybridized carbons (Fsp3) is 0.500. The summed E-state index contributed by atoms with van der Waals surface area (Å²) in [5, 5.41) is 23.0. The van der Waals surface area contributed by atoms with E-state index in [0.717, 1.165) is 5.56 Å². The van der Waals surface area contributed by atoms with Gasteiger partial charge >= 0.3 is 7.32 Å². The van der Waals surface area contributed by atoms with Crippen LogP contribution in [0.4, 0.5) is 0 Å². The molecule has 7 nitrogen and oxygen atoms in total. The number of benzene rings is 1. The molecule has 2 amide bonds. The van der Waals surface area contributed by atoms with E-state index in [2.05, 4.69) is 10.6 Å². The highest BCUT2D eigenvalue weighted by Crippen LogP contribution is 2.08. The summed E-state index contributed by atoms with van der Waals surface area (Å²) in [4.78, 5) is 24.2. The second kappa shape index (κ2) is 10.1. The molecule has 0 heterocycles. The van der Waals surface area contributed by atoms with Crippen molar-refractivity contribution in [3.05, 3.63) is 35.9 Å². The molecule has 0 aliphatic rings. The monoisotopic (exact) mass is 336 g/mol. The van der Waals surface area contributed by atoms with Crippen molar-refractivity contribution in [1.82, 2.24) is 10.6 Å². The normalized spacial score (nSPS) is 13.2. The van der Waals surface area contributed by atoms with Gasteiger partial charge in [0.1, 0.15) is 12.1 Å². The van der Waals surface area contributed by atoms with Crippen LogP contribution in [-0.4, -0.2) is 35.4 Å². The highest BCUT2D eigenvalue weighted by Gasteiger charge is 2.26. The van der Waals surface area contributed by atoms with Crippen molar-refractivity contribution in [2.75, 3.05) is 0 Å². The van der Waals surface area contributed by atoms with Crippen molar-refractivity contribution < 1.29 is 24.3 Å². The molecule has 0 saturated heterocycles. The quantitative estimate of drug-likeness (QED) is 0.297. The van der Waals surface area contributed by atoms with Crippen LogP contribution in [0.2, 0.25) is 0 Å². The number of amides is 2. The van der Waals surface area contributed by atoms with E-state index in [4.69, 9.17) is 14.7 Å². The highest BCUT2D eigenvalue weighted by atomic mass is 16.6. The largest absolute Gasteiger partial charge is 0.635 e. The van der Waals surface area contributed by atoms with E-state index in [9.17, 15) is 9.59 Å². The lowest BCUT2D eigenvalue weighted by Crippen LogP contribution is -2.47. The minimum atomic E-state index is -1.99. The van der Waals surface area contributed by atoms with Gasteiger partial charge in [-0.2, -0.15) is 0 Å². The van der Waals surface area contributed by atoms with Gasteiger partial charge in [0.05, 0.1) is 0 Å². The molecule has 0 bridgehead atoms. The van der Waals surface area contributed by atoms with Crippen molar-refractivity contribution in [2.45, 2.75) is 40.0 Å². The second-order valence-corrected chi connectivity index (χ2v) is 6.01. The molecule has 0 fully saturated rings. The minimum absolute atomic E-state index is 0.163. The molecule has 1 unspecified atom stereocenters. The van der Waals surface area contributed by atoms with E-state index in [-0.39, 0.29) is 5.92 Å². The molecule has 8 heteroatoms. The van der Waals surface area contributed by atoms with Gasteiger partial charge in [0.15, 0.2) is 0 Å². The summed E-state index contributed by atoms with van der Waals surface area (Å²) in [6, 6.07) is 9.36. The van der Waals surface area contributed by atoms with Crippen molar-refractivity contribution >= 4 is 19.1 Å². The number of hydrogen-bond donors (Lipinski definition) is 4. The molecule has 0 aliphatic carbocycles. The van der Waals surface area contributed by atoms with E-state index in [1.165, 1.54) is 6.92 Å². The first-order valence-corrected chi connectivity index (χ1v) is 7.93. The van der Waals surface area contributed by atoms with Gasteiger partial charge in [-0.15, -0.1) is 0 Å². The maximum absolute atomic E-state index is 12.2. The van der Waals surface area contributed by atoms with Gasteiger partial charge in [-0.1, -0.05) is 44.2 Å². The van der Waals surface area contributed by atoms with Crippen molar-refractivity contribution in [3.8, 4) is 0 Å². The predicted octanol–water partition coefficient (Wildman–Crippen LogP) is 0.413. The molecule has 4 N–H and O–H groups in total. The Morgan fingerprint density at radius 2 is 1.75 bits per heavy atom. The first-order chi connectivity index (χ1) is 11.3. The van der Waals surface area contributed by atoms with Gasteiger partial charge < -0.3 is 25.3 Å². The van der Waals surface area contributed by atoms with Crippen LogP contribution in [0.3, 0.4) is 0 Å². The summed E-state index contributed by atoms with van der Waals surface area (Å²) >= 11 is 0. The third-order valence-electron chi connectivity index (χ3n) is 3.37. The minimum Gasteiger partial charge on any atom is -0.402 e. The maximum Gasteiger partial charge on any atom is 0.635 e. The highest BCUT2D eigenvalue weighted by molar-refractivity contribution is 6.32. The Bertz CT molecular complexity index is 514. The Hall–Kier alpha value is -1.90. The molecule has 24 heavy (non-hydrogen) atoms. The molecule has 1 aromatic rings. The van der Waals surface area contributed by atoms with Gasteiger partial charge in [0, 0.05) is 6.54 Å². The lowest BCUT2D eigenvalue weighted by molar-refractivity contribution is -0.136. The zero-order chi connectivity index (χ0) is 18.1. The molecule has 0 spiro atoms. The summed E-state index contributed by atoms with van der Waals surface area (Å²) in [7, 11) is -1.99. The first-order valence-electron chi connectivity index (χ1n) is 7.93. The molecule has 0 aromatic heterocycles. The summed E-state index contributed by atoms with van der Waals surface area (Å²) in [5.41, 5.74) is 0.933. The third-order valence-corrected chi connectivity index (χ3v) is 3.37. The molecule has 1 rings (SSSR count). The number of carbonyl (C=O) groups excluding carboxylic acids is 2. The van der Waals surface area contributed by atoms with E-state index < -0.39 is 31.3 Å². The Balaban J connectivity index is 2.52. The summed E-state index contributed by atoms with van der Waals surface area (Å²) in [6.45, 7) is 5.63. The smallest absolute Gasteiger partial charge is 0.402 e. The van der Waals surface area contributed by atoms with Gasteiger partial charge in [-0.25, -0.2) is 0 Å². The van der Waals surface area contributed by atoms with Crippen LogP contribution in [0.15, 0.2) is 30.3 Å². The van der Waals surface area contributed by atoms with Crippen LogP contribution in [0.1, 0.15) is 32.8 Å². The Labute approximate surface area is 142 Å². The van der Waals surface area contributed by atoms with Gasteiger partial charge in [0.2, 0.25) is 11.8 Å². The zero-order valence-corrected chi connectivity index (χ0v) is 14.2. The summed E-state index contributed by atoms with van der Waals surface area (Å²) in [5.74, 6) is -1.71. The molecule has 132 valence electrons. The molecule has 2 atom stereocenters. The van der Waals surface area contributed by atoms with Crippen LogP contribution in [0, 0.1) is 11.8 Å². The van der Waals surface area contributed by atoms with Gasteiger partial charge in [0.25, 0.3) is 0 Å². The summed E-state index contributed by atoms with van der Waals surface area (Å²) in [6.07, 6.45) is -0.483. The van der Waals surface area contributed by atoms with Crippen molar-refractivity contribution in [1.29, 1.82) is 0 Å². The lowest BCUT2D eigenvalue weighted by atomic mass is 10.1. The van der Waals surface area contributed by atoms with Crippen molar-refractivity contribution in [2.24, 2.45) is 11.8 Å². The number of nitrogens with one attached hydrogen (secondary N) is 2. The third kappa shape index (κ3) is 7.58. The van der Waals surface area contributed by atoms with E-state index in [0.29, 0.717) is 13.0 Å². The fourth-order valence-electron chi connectivity index (χ4n) is 2.06. The predicted molar refractivity (Wildman–Crippen MR) is 90.1 cm³/mol. The second-order valence-electron chi connectivity index (χ2n) is 6.01. The fourth-order valence-corrected chi connectivity index (χ4v) is 2.06. The number of rotatable bonds is 9. The molecule has 0 saturated carbocycles. The Kier molecular flexibility index (Phi) is 8.46. The Morgan fingerprint density at radius 3 is 2.29 bits per heavy atom.